The Balaban J connectivity index is 2.56. The van der Waals surface area contributed by atoms with E-state index in [0.29, 0.717) is 38.8 Å². The molecule has 9 amide bonds. The minimum atomic E-state index is -1.75. The van der Waals surface area contributed by atoms with Crippen molar-refractivity contribution in [3.8, 4) is 0 Å². The van der Waals surface area contributed by atoms with Gasteiger partial charge >= 0.3 is 6.03 Å². The highest BCUT2D eigenvalue weighted by atomic mass is 16.3. The molecule has 0 bridgehead atoms. The fraction of sp³-hybridized carbons (Fsp3) is 0.645. The van der Waals surface area contributed by atoms with Crippen LogP contribution in [0.4, 0.5) is 4.79 Å². The number of urea groups is 1. The third-order valence-electron chi connectivity index (χ3n) is 8.43. The average molecular weight is 797 g/mol. The van der Waals surface area contributed by atoms with Crippen molar-refractivity contribution < 1.29 is 43.5 Å². The molecule has 1 fully saturated rings. The molecule has 1 saturated heterocycles. The topological polar surface area (TPSA) is 434 Å². The second-order valence-electron chi connectivity index (χ2n) is 13.1. The molecule has 0 aromatic heterocycles. The second-order valence-corrected chi connectivity index (χ2v) is 13.1. The Kier molecular flexibility index (Phi) is 19.9. The van der Waals surface area contributed by atoms with Gasteiger partial charge in [0.2, 0.25) is 35.4 Å². The molecule has 7 atom stereocenters. The third-order valence-corrected chi connectivity index (χ3v) is 8.43. The number of carbonyl (C=O) groups is 8. The molecule has 2 rings (SSSR count). The number of primary amides is 1. The predicted molar refractivity (Wildman–Crippen MR) is 200 cm³/mol. The predicted octanol–water partition coefficient (Wildman–Crippen LogP) is -8.62. The van der Waals surface area contributed by atoms with Gasteiger partial charge in [-0.05, 0) is 45.2 Å². The molecule has 25 nitrogen and oxygen atoms in total. The molecular formula is C31H56N16O9. The third kappa shape index (κ3) is 16.4. The number of nitrogens with two attached hydrogens (primary N) is 6. The summed E-state index contributed by atoms with van der Waals surface area (Å²) < 4.78 is 0. The molecule has 0 saturated carbocycles. The van der Waals surface area contributed by atoms with Crippen LogP contribution in [0.2, 0.25) is 0 Å². The van der Waals surface area contributed by atoms with Gasteiger partial charge in [-0.3, -0.25) is 38.6 Å². The molecule has 2 heterocycles. The van der Waals surface area contributed by atoms with Crippen LogP contribution in [0, 0.1) is 0 Å². The molecule has 7 unspecified atom stereocenters. The number of nitrogens with one attached hydrogen (secondary N) is 9. The number of aliphatic imine (C=N–C) groups is 1. The van der Waals surface area contributed by atoms with Gasteiger partial charge in [0, 0.05) is 50.8 Å². The van der Waals surface area contributed by atoms with Crippen molar-refractivity contribution in [1.82, 2.24) is 47.9 Å². The summed E-state index contributed by atoms with van der Waals surface area (Å²) in [7, 11) is 0. The summed E-state index contributed by atoms with van der Waals surface area (Å²) in [4.78, 5) is 109. The number of amides is 9. The Labute approximate surface area is 322 Å². The van der Waals surface area contributed by atoms with Crippen molar-refractivity contribution in [1.29, 1.82) is 0 Å². The fourth-order valence-corrected chi connectivity index (χ4v) is 5.42. The summed E-state index contributed by atoms with van der Waals surface area (Å²) in [5.74, 6) is -6.72. The van der Waals surface area contributed by atoms with Crippen LogP contribution in [0.25, 0.3) is 0 Å². The van der Waals surface area contributed by atoms with E-state index in [0.717, 1.165) is 6.20 Å². The van der Waals surface area contributed by atoms with Gasteiger partial charge in [-0.25, -0.2) is 4.79 Å². The van der Waals surface area contributed by atoms with E-state index >= 15 is 0 Å². The maximum Gasteiger partial charge on any atom is 0.316 e. The van der Waals surface area contributed by atoms with Gasteiger partial charge in [0.1, 0.15) is 29.9 Å². The van der Waals surface area contributed by atoms with Crippen LogP contribution in [0.1, 0.15) is 44.9 Å². The van der Waals surface area contributed by atoms with Crippen LogP contribution >= 0.6 is 0 Å². The lowest BCUT2D eigenvalue weighted by molar-refractivity contribution is -0.135. The van der Waals surface area contributed by atoms with E-state index in [1.54, 1.807) is 0 Å². The summed E-state index contributed by atoms with van der Waals surface area (Å²) in [5.41, 5.74) is 33.4. The average Bonchev–Trinajstić information content (AvgIpc) is 3.14. The van der Waals surface area contributed by atoms with Gasteiger partial charge in [0.25, 0.3) is 5.91 Å². The number of hydrogen-bond acceptors (Lipinski definition) is 16. The van der Waals surface area contributed by atoms with Gasteiger partial charge in [-0.2, -0.15) is 0 Å². The summed E-state index contributed by atoms with van der Waals surface area (Å²) >= 11 is 0. The molecular weight excluding hydrogens is 740 g/mol. The van der Waals surface area contributed by atoms with E-state index in [1.807, 2.05) is 5.32 Å². The molecule has 314 valence electrons. The number of rotatable bonds is 16. The number of aliphatic hydroxyl groups is 1. The Hall–Kier alpha value is -5.63. The van der Waals surface area contributed by atoms with E-state index in [1.165, 1.54) is 0 Å². The van der Waals surface area contributed by atoms with Crippen LogP contribution in [0.5, 0.6) is 0 Å². The first kappa shape index (κ1) is 46.5. The van der Waals surface area contributed by atoms with E-state index in [2.05, 4.69) is 47.5 Å². The van der Waals surface area contributed by atoms with Gasteiger partial charge in [0.05, 0.1) is 12.6 Å². The Morgan fingerprint density at radius 3 is 2.07 bits per heavy atom. The summed E-state index contributed by atoms with van der Waals surface area (Å²) in [6.45, 7) is -1.38. The van der Waals surface area contributed by atoms with E-state index in [-0.39, 0.29) is 31.8 Å². The molecule has 2 aliphatic heterocycles. The zero-order chi connectivity index (χ0) is 41.8. The molecule has 0 aromatic carbocycles. The first-order valence-corrected chi connectivity index (χ1v) is 18.0. The van der Waals surface area contributed by atoms with Crippen molar-refractivity contribution in [3.63, 3.8) is 0 Å². The lowest BCUT2D eigenvalue weighted by Crippen LogP contribution is -2.64. The summed E-state index contributed by atoms with van der Waals surface area (Å²) in [6.07, 6.45) is 2.38. The van der Waals surface area contributed by atoms with Gasteiger partial charge in [-0.1, -0.05) is 0 Å². The number of nitrogens with zero attached hydrogens (tertiary/aromatic N) is 1. The van der Waals surface area contributed by atoms with Crippen molar-refractivity contribution >= 4 is 53.3 Å². The normalized spacial score (nSPS) is 24.4. The maximum absolute atomic E-state index is 13.8. The van der Waals surface area contributed by atoms with Crippen LogP contribution < -0.4 is 82.3 Å². The van der Waals surface area contributed by atoms with E-state index in [4.69, 9.17) is 34.4 Å². The van der Waals surface area contributed by atoms with Crippen LogP contribution in [-0.4, -0.2) is 140 Å². The molecule has 0 aromatic rings. The minimum Gasteiger partial charge on any atom is -0.394 e. The zero-order valence-electron chi connectivity index (χ0n) is 30.9. The molecule has 25 heteroatoms. The highest BCUT2D eigenvalue weighted by Crippen LogP contribution is 2.08. The molecule has 2 aliphatic rings. The minimum absolute atomic E-state index is 0.0543. The van der Waals surface area contributed by atoms with Gasteiger partial charge in [-0.15, -0.1) is 0 Å². The van der Waals surface area contributed by atoms with Crippen LogP contribution in [0.3, 0.4) is 0 Å². The maximum atomic E-state index is 13.8. The van der Waals surface area contributed by atoms with Gasteiger partial charge in [0.15, 0.2) is 5.96 Å². The first-order chi connectivity index (χ1) is 26.6. The molecule has 56 heavy (non-hydrogen) atoms. The Bertz CT molecular complexity index is 1480. The Morgan fingerprint density at radius 1 is 0.857 bits per heavy atom. The molecule has 0 aliphatic carbocycles. The van der Waals surface area contributed by atoms with Crippen LogP contribution in [-0.2, 0) is 33.6 Å². The largest absolute Gasteiger partial charge is 0.394 e. The molecule has 0 radical (unpaired) electrons. The quantitative estimate of drug-likeness (QED) is 0.0645. The van der Waals surface area contributed by atoms with Crippen molar-refractivity contribution in [2.45, 2.75) is 87.2 Å². The highest BCUT2D eigenvalue weighted by Gasteiger charge is 2.36. The van der Waals surface area contributed by atoms with E-state index in [9.17, 15) is 43.5 Å². The zero-order valence-corrected chi connectivity index (χ0v) is 30.9. The lowest BCUT2D eigenvalue weighted by atomic mass is 10.0. The standard InChI is InChI=1S/C31H56N16O9/c32-6-1-3-15(34)9-22(49)39-11-19-26(52)43-20(13-41-31(37)56)27(53)47-24(17-5-8-38-30(36)46-17)29(55)40-12-18(25(51)45-21(14-48)28(54)44-19)42-23(50)10-16(35)4-2-7-33/h13,15-19,21,24,48H,1-12,14,32-35H2,(H,39,49)(H,40,55)(H,42,50)(H,43,52)(H,44,54)(H,45,51)(H,47,53)(H3,36,38,46)(H3,37,41,56)/b20-13-. The van der Waals surface area contributed by atoms with Crippen LogP contribution in [0.15, 0.2) is 16.9 Å². The molecule has 22 N–H and O–H groups in total. The SMILES string of the molecule is NCCCC(N)CC(=O)NCC1NC(=O)C(CO)NC(=O)C(NC(=O)CC(N)CCCN)CNC(=O)C(C2CCN=C(N)N2)NC(=O)/C(=C/NC(N)=O)NC1=O. The van der Waals surface area contributed by atoms with Crippen molar-refractivity contribution in [3.05, 3.63) is 11.9 Å². The summed E-state index contributed by atoms with van der Waals surface area (Å²) in [5, 5.41) is 31.6. The number of guanidine groups is 1. The van der Waals surface area contributed by atoms with E-state index < -0.39 is 115 Å². The molecule has 0 spiro atoms. The first-order valence-electron chi connectivity index (χ1n) is 18.0. The number of hydrogen-bond donors (Lipinski definition) is 16. The second kappa shape index (κ2) is 24.0. The van der Waals surface area contributed by atoms with Crippen molar-refractivity contribution in [2.75, 3.05) is 39.3 Å². The van der Waals surface area contributed by atoms with Crippen molar-refractivity contribution in [2.24, 2.45) is 39.4 Å². The fourth-order valence-electron chi connectivity index (χ4n) is 5.42. The number of carbonyl (C=O) groups excluding carboxylic acids is 8. The highest BCUT2D eigenvalue weighted by molar-refractivity contribution is 6.02. The number of aliphatic hydroxyl groups excluding tert-OH is 1. The Morgan fingerprint density at radius 2 is 1.48 bits per heavy atom. The lowest BCUT2D eigenvalue weighted by Gasteiger charge is -2.31. The van der Waals surface area contributed by atoms with Gasteiger partial charge < -0.3 is 87.4 Å². The monoisotopic (exact) mass is 796 g/mol. The summed E-state index contributed by atoms with van der Waals surface area (Å²) in [6, 6.07) is -9.76. The smallest absolute Gasteiger partial charge is 0.316 e.